The third kappa shape index (κ3) is 4.84. The molecule has 1 rings (SSSR count). The highest BCUT2D eigenvalue weighted by molar-refractivity contribution is 6.27. The van der Waals surface area contributed by atoms with E-state index in [2.05, 4.69) is 6.07 Å². The van der Waals surface area contributed by atoms with Gasteiger partial charge < -0.3 is 4.74 Å². The van der Waals surface area contributed by atoms with Gasteiger partial charge in [0.25, 0.3) is 0 Å². The van der Waals surface area contributed by atoms with Crippen molar-refractivity contribution in [2.75, 3.05) is 6.61 Å². The number of nitrogens with zero attached hydrogens (tertiary/aromatic N) is 1. The molecule has 4 atom stereocenters. The van der Waals surface area contributed by atoms with Gasteiger partial charge in [0.1, 0.15) is 5.41 Å². The van der Waals surface area contributed by atoms with E-state index in [1.807, 2.05) is 0 Å². The summed E-state index contributed by atoms with van der Waals surface area (Å²) in [7, 11) is 0. The van der Waals surface area contributed by atoms with E-state index in [1.165, 1.54) is 6.92 Å². The Bertz CT molecular complexity index is 463. The van der Waals surface area contributed by atoms with Crippen molar-refractivity contribution in [1.29, 1.82) is 5.26 Å². The lowest BCUT2D eigenvalue weighted by atomic mass is 9.73. The molecule has 1 aliphatic carbocycles. The lowest BCUT2D eigenvalue weighted by Gasteiger charge is -2.29. The monoisotopic (exact) mass is 361 g/mol. The molecule has 23 heavy (non-hydrogen) atoms. The molecule has 0 spiro atoms. The van der Waals surface area contributed by atoms with Crippen LogP contribution in [0, 0.1) is 22.7 Å². The maximum absolute atomic E-state index is 12.0. The smallest absolute Gasteiger partial charge is 0.305 e. The minimum Gasteiger partial charge on any atom is -0.466 e. The number of rotatable bonds is 9. The van der Waals surface area contributed by atoms with Crippen molar-refractivity contribution in [2.45, 2.75) is 69.5 Å². The fourth-order valence-corrected chi connectivity index (χ4v) is 4.56. The Morgan fingerprint density at radius 2 is 1.91 bits per heavy atom. The summed E-state index contributed by atoms with van der Waals surface area (Å²) in [4.78, 5) is 23.3. The third-order valence-corrected chi connectivity index (χ3v) is 5.67. The van der Waals surface area contributed by atoms with Crippen LogP contribution < -0.4 is 0 Å². The SMILES string of the molecule is CCOC(=O)CCCCCCC1C(Cl)CC(Cl)C1(C#N)C(C)=O. The minimum atomic E-state index is -1.15. The van der Waals surface area contributed by atoms with E-state index in [-0.39, 0.29) is 23.0 Å². The Morgan fingerprint density at radius 1 is 1.26 bits per heavy atom. The summed E-state index contributed by atoms with van der Waals surface area (Å²) in [6, 6.07) is 2.16. The molecule has 0 aromatic heterocycles. The minimum absolute atomic E-state index is 0.158. The maximum atomic E-state index is 12.0. The van der Waals surface area contributed by atoms with E-state index in [1.54, 1.807) is 6.92 Å². The van der Waals surface area contributed by atoms with Crippen LogP contribution in [0.5, 0.6) is 0 Å². The van der Waals surface area contributed by atoms with Crippen molar-refractivity contribution in [3.63, 3.8) is 0 Å². The molecule has 0 saturated heterocycles. The topological polar surface area (TPSA) is 67.2 Å². The lowest BCUT2D eigenvalue weighted by molar-refractivity contribution is -0.143. The molecule has 4 nitrogen and oxygen atoms in total. The number of ether oxygens (including phenoxy) is 1. The highest BCUT2D eigenvalue weighted by Crippen LogP contribution is 2.51. The quantitative estimate of drug-likeness (QED) is 0.350. The second kappa shape index (κ2) is 9.49. The van der Waals surface area contributed by atoms with E-state index in [0.717, 1.165) is 25.7 Å². The summed E-state index contributed by atoms with van der Waals surface area (Å²) in [6.45, 7) is 3.64. The van der Waals surface area contributed by atoms with Crippen LogP contribution in [0.1, 0.15) is 58.8 Å². The largest absolute Gasteiger partial charge is 0.466 e. The molecule has 0 bridgehead atoms. The molecule has 0 aromatic rings. The predicted octanol–water partition coefficient (Wildman–Crippen LogP) is 4.22. The molecule has 0 N–H and O–H groups in total. The average Bonchev–Trinajstić information content (AvgIpc) is 2.73. The lowest BCUT2D eigenvalue weighted by Crippen LogP contribution is -2.39. The van der Waals surface area contributed by atoms with Crippen LogP contribution in [-0.2, 0) is 14.3 Å². The van der Waals surface area contributed by atoms with Crippen LogP contribution in [0.25, 0.3) is 0 Å². The maximum Gasteiger partial charge on any atom is 0.305 e. The number of Topliss-reactive ketones (excluding diaryl/α,β-unsaturated/α-hetero) is 1. The molecule has 0 aliphatic heterocycles. The van der Waals surface area contributed by atoms with Crippen LogP contribution in [0.2, 0.25) is 0 Å². The van der Waals surface area contributed by atoms with Gasteiger partial charge in [0.05, 0.1) is 18.1 Å². The number of alkyl halides is 2. The van der Waals surface area contributed by atoms with Gasteiger partial charge in [-0.05, 0) is 33.1 Å². The Hall–Kier alpha value is -0.790. The zero-order valence-electron chi connectivity index (χ0n) is 13.8. The van der Waals surface area contributed by atoms with Crippen molar-refractivity contribution in [2.24, 2.45) is 11.3 Å². The summed E-state index contributed by atoms with van der Waals surface area (Å²) in [5, 5.41) is 8.78. The predicted molar refractivity (Wildman–Crippen MR) is 90.5 cm³/mol. The van der Waals surface area contributed by atoms with E-state index in [0.29, 0.717) is 25.9 Å². The number of hydrogen-bond acceptors (Lipinski definition) is 4. The van der Waals surface area contributed by atoms with Gasteiger partial charge in [-0.1, -0.05) is 19.3 Å². The standard InChI is InChI=1S/C17H25Cl2NO3/c1-3-23-16(22)9-7-5-4-6-8-13-14(18)10-15(19)17(13,11-20)12(2)21/h13-15H,3-10H2,1-2H3. The first-order valence-electron chi connectivity index (χ1n) is 8.26. The number of carbonyl (C=O) groups excluding carboxylic acids is 2. The first-order valence-corrected chi connectivity index (χ1v) is 9.13. The molecule has 6 heteroatoms. The number of esters is 1. The number of ketones is 1. The van der Waals surface area contributed by atoms with E-state index in [4.69, 9.17) is 27.9 Å². The van der Waals surface area contributed by atoms with Crippen LogP contribution in [0.3, 0.4) is 0 Å². The molecule has 130 valence electrons. The van der Waals surface area contributed by atoms with Crippen LogP contribution in [0.4, 0.5) is 0 Å². The molecular formula is C17H25Cl2NO3. The van der Waals surface area contributed by atoms with Gasteiger partial charge in [-0.3, -0.25) is 9.59 Å². The molecule has 4 unspecified atom stereocenters. The van der Waals surface area contributed by atoms with Crippen LogP contribution in [-0.4, -0.2) is 29.1 Å². The van der Waals surface area contributed by atoms with Gasteiger partial charge in [0, 0.05) is 17.7 Å². The Morgan fingerprint density at radius 3 is 2.48 bits per heavy atom. The fourth-order valence-electron chi connectivity index (χ4n) is 3.41. The van der Waals surface area contributed by atoms with Gasteiger partial charge in [-0.15, -0.1) is 23.2 Å². The second-order valence-corrected chi connectivity index (χ2v) is 7.21. The van der Waals surface area contributed by atoms with Gasteiger partial charge >= 0.3 is 5.97 Å². The van der Waals surface area contributed by atoms with Gasteiger partial charge in [-0.25, -0.2) is 0 Å². The number of halogens is 2. The Balaban J connectivity index is 2.42. The van der Waals surface area contributed by atoms with Crippen molar-refractivity contribution in [3.8, 4) is 6.07 Å². The molecule has 0 amide bonds. The molecule has 0 heterocycles. The van der Waals surface area contributed by atoms with Crippen LogP contribution >= 0.6 is 23.2 Å². The molecule has 0 aromatic carbocycles. The van der Waals surface area contributed by atoms with E-state index in [9.17, 15) is 14.9 Å². The number of hydrogen-bond donors (Lipinski definition) is 0. The first kappa shape index (κ1) is 20.3. The fraction of sp³-hybridized carbons (Fsp3) is 0.824. The first-order chi connectivity index (χ1) is 10.9. The molecule has 0 radical (unpaired) electrons. The highest BCUT2D eigenvalue weighted by atomic mass is 35.5. The van der Waals surface area contributed by atoms with Crippen molar-refractivity contribution in [1.82, 2.24) is 0 Å². The Labute approximate surface area is 148 Å². The highest BCUT2D eigenvalue weighted by Gasteiger charge is 2.57. The summed E-state index contributed by atoms with van der Waals surface area (Å²) >= 11 is 12.6. The zero-order valence-corrected chi connectivity index (χ0v) is 15.3. The van der Waals surface area contributed by atoms with Crippen LogP contribution in [0.15, 0.2) is 0 Å². The zero-order chi connectivity index (χ0) is 17.5. The van der Waals surface area contributed by atoms with E-state index >= 15 is 0 Å². The Kier molecular flexibility index (Phi) is 8.36. The average molecular weight is 362 g/mol. The summed E-state index contributed by atoms with van der Waals surface area (Å²) in [5.74, 6) is -0.538. The van der Waals surface area contributed by atoms with Crippen molar-refractivity contribution < 1.29 is 14.3 Å². The molecule has 1 fully saturated rings. The number of carbonyl (C=O) groups is 2. The van der Waals surface area contributed by atoms with E-state index < -0.39 is 10.8 Å². The summed E-state index contributed by atoms with van der Waals surface area (Å²) in [6.07, 6.45) is 5.16. The van der Waals surface area contributed by atoms with Crippen molar-refractivity contribution >= 4 is 35.0 Å². The summed E-state index contributed by atoms with van der Waals surface area (Å²) in [5.41, 5.74) is -1.15. The third-order valence-electron chi connectivity index (χ3n) is 4.67. The van der Waals surface area contributed by atoms with Crippen molar-refractivity contribution in [3.05, 3.63) is 0 Å². The summed E-state index contributed by atoms with van der Waals surface area (Å²) < 4.78 is 4.88. The number of unbranched alkanes of at least 4 members (excludes halogenated alkanes) is 3. The van der Waals surface area contributed by atoms with Gasteiger partial charge in [-0.2, -0.15) is 5.26 Å². The van der Waals surface area contributed by atoms with Gasteiger partial charge in [0.2, 0.25) is 0 Å². The molecular weight excluding hydrogens is 337 g/mol. The number of nitriles is 1. The molecule has 1 aliphatic rings. The normalized spacial score (nSPS) is 30.0. The molecule has 1 saturated carbocycles. The second-order valence-electron chi connectivity index (χ2n) is 6.12. The van der Waals surface area contributed by atoms with Gasteiger partial charge in [0.15, 0.2) is 5.78 Å².